The fourth-order valence-electron chi connectivity index (χ4n) is 3.07. The number of guanidine groups is 1. The summed E-state index contributed by atoms with van der Waals surface area (Å²) in [5.74, 6) is 1.82. The lowest BCUT2D eigenvalue weighted by molar-refractivity contribution is 0.0657. The molecule has 0 aliphatic carbocycles. The van der Waals surface area contributed by atoms with Gasteiger partial charge in [-0.05, 0) is 31.0 Å². The minimum Gasteiger partial charge on any atom is -0.478 e. The van der Waals surface area contributed by atoms with E-state index in [2.05, 4.69) is 22.1 Å². The summed E-state index contributed by atoms with van der Waals surface area (Å²) in [6, 6.07) is 7.31. The maximum atomic E-state index is 12.4. The number of furan rings is 1. The van der Waals surface area contributed by atoms with Crippen LogP contribution < -0.4 is 10.1 Å². The topological polar surface area (TPSA) is 83.2 Å². The molecule has 8 heteroatoms. The van der Waals surface area contributed by atoms with E-state index in [0.717, 1.165) is 37.6 Å². The second-order valence-electron chi connectivity index (χ2n) is 6.78. The Morgan fingerprint density at radius 2 is 2.00 bits per heavy atom. The summed E-state index contributed by atoms with van der Waals surface area (Å²) in [5, 5.41) is 3.34. The van der Waals surface area contributed by atoms with Crippen LogP contribution in [0.3, 0.4) is 0 Å². The SMILES string of the molecule is CCCOc1ccc(CN=C(NCC)N2CCN(C(=O)c3ccco3)CC2)cn1. The summed E-state index contributed by atoms with van der Waals surface area (Å²) in [7, 11) is 0. The van der Waals surface area contributed by atoms with Crippen molar-refractivity contribution in [2.45, 2.75) is 26.8 Å². The van der Waals surface area contributed by atoms with Gasteiger partial charge in [-0.2, -0.15) is 0 Å². The number of aliphatic imine (C=N–C) groups is 1. The Kier molecular flexibility index (Phi) is 7.49. The Bertz CT molecular complexity index is 781. The number of nitrogens with one attached hydrogen (secondary N) is 1. The van der Waals surface area contributed by atoms with Gasteiger partial charge in [-0.15, -0.1) is 0 Å². The van der Waals surface area contributed by atoms with Crippen LogP contribution in [0.4, 0.5) is 0 Å². The van der Waals surface area contributed by atoms with Crippen molar-refractivity contribution in [3.8, 4) is 5.88 Å². The highest BCUT2D eigenvalue weighted by Crippen LogP contribution is 2.11. The number of hydrogen-bond acceptors (Lipinski definition) is 5. The maximum absolute atomic E-state index is 12.4. The largest absolute Gasteiger partial charge is 0.478 e. The van der Waals surface area contributed by atoms with Crippen molar-refractivity contribution in [1.29, 1.82) is 0 Å². The molecule has 2 aromatic heterocycles. The van der Waals surface area contributed by atoms with Crippen LogP contribution in [0.1, 0.15) is 36.4 Å². The molecule has 1 saturated heterocycles. The van der Waals surface area contributed by atoms with E-state index < -0.39 is 0 Å². The molecule has 0 saturated carbocycles. The third kappa shape index (κ3) is 5.73. The average molecular weight is 399 g/mol. The predicted molar refractivity (Wildman–Crippen MR) is 111 cm³/mol. The molecule has 0 unspecified atom stereocenters. The number of carbonyl (C=O) groups is 1. The van der Waals surface area contributed by atoms with Crippen molar-refractivity contribution < 1.29 is 13.9 Å². The Balaban J connectivity index is 1.56. The molecule has 3 heterocycles. The fraction of sp³-hybridized carbons (Fsp3) is 0.476. The van der Waals surface area contributed by atoms with Crippen molar-refractivity contribution in [3.63, 3.8) is 0 Å². The maximum Gasteiger partial charge on any atom is 0.289 e. The van der Waals surface area contributed by atoms with Gasteiger partial charge in [0, 0.05) is 45.0 Å². The number of pyridine rings is 1. The van der Waals surface area contributed by atoms with Gasteiger partial charge >= 0.3 is 0 Å². The number of piperazine rings is 1. The number of nitrogens with zero attached hydrogens (tertiary/aromatic N) is 4. The van der Waals surface area contributed by atoms with Crippen molar-refractivity contribution in [3.05, 3.63) is 48.0 Å². The molecule has 1 fully saturated rings. The van der Waals surface area contributed by atoms with E-state index in [9.17, 15) is 4.79 Å². The van der Waals surface area contributed by atoms with Crippen LogP contribution in [0.5, 0.6) is 5.88 Å². The van der Waals surface area contributed by atoms with Crippen LogP contribution in [-0.2, 0) is 6.54 Å². The fourth-order valence-corrected chi connectivity index (χ4v) is 3.07. The van der Waals surface area contributed by atoms with E-state index >= 15 is 0 Å². The standard InChI is InChI=1S/C21H29N5O3/c1-3-13-29-19-8-7-17(15-23-19)16-24-21(22-4-2)26-11-9-25(10-12-26)20(27)18-6-5-14-28-18/h5-8,14-15H,3-4,9-13,16H2,1-2H3,(H,22,24). The summed E-state index contributed by atoms with van der Waals surface area (Å²) in [6.45, 7) is 8.82. The lowest BCUT2D eigenvalue weighted by Gasteiger charge is -2.36. The molecular weight excluding hydrogens is 370 g/mol. The lowest BCUT2D eigenvalue weighted by Crippen LogP contribution is -2.53. The molecule has 0 atom stereocenters. The van der Waals surface area contributed by atoms with E-state index in [1.165, 1.54) is 6.26 Å². The molecule has 1 N–H and O–H groups in total. The summed E-state index contributed by atoms with van der Waals surface area (Å²) >= 11 is 0. The zero-order valence-electron chi connectivity index (χ0n) is 17.1. The molecule has 1 amide bonds. The molecule has 1 aliphatic rings. The van der Waals surface area contributed by atoms with Gasteiger partial charge in [0.1, 0.15) is 0 Å². The first kappa shape index (κ1) is 20.7. The van der Waals surface area contributed by atoms with Gasteiger partial charge in [0.15, 0.2) is 11.7 Å². The first-order chi connectivity index (χ1) is 14.2. The van der Waals surface area contributed by atoms with Gasteiger partial charge in [-0.1, -0.05) is 13.0 Å². The third-order valence-electron chi connectivity index (χ3n) is 4.60. The first-order valence-corrected chi connectivity index (χ1v) is 10.1. The monoisotopic (exact) mass is 399 g/mol. The summed E-state index contributed by atoms with van der Waals surface area (Å²) in [5.41, 5.74) is 1.02. The molecule has 3 rings (SSSR count). The van der Waals surface area contributed by atoms with E-state index in [1.54, 1.807) is 18.3 Å². The lowest BCUT2D eigenvalue weighted by atomic mass is 10.3. The minimum atomic E-state index is -0.0620. The highest BCUT2D eigenvalue weighted by atomic mass is 16.5. The Morgan fingerprint density at radius 3 is 2.62 bits per heavy atom. The molecule has 0 aromatic carbocycles. The first-order valence-electron chi connectivity index (χ1n) is 10.1. The number of aromatic nitrogens is 1. The van der Waals surface area contributed by atoms with Gasteiger partial charge in [0.25, 0.3) is 5.91 Å². The second-order valence-corrected chi connectivity index (χ2v) is 6.78. The summed E-state index contributed by atoms with van der Waals surface area (Å²) in [6.07, 6.45) is 4.29. The molecule has 1 aliphatic heterocycles. The normalized spacial score (nSPS) is 14.8. The molecule has 0 radical (unpaired) electrons. The van der Waals surface area contributed by atoms with Crippen LogP contribution in [-0.4, -0.2) is 66.0 Å². The van der Waals surface area contributed by atoms with Gasteiger partial charge in [-0.3, -0.25) is 4.79 Å². The smallest absolute Gasteiger partial charge is 0.289 e. The molecule has 29 heavy (non-hydrogen) atoms. The highest BCUT2D eigenvalue weighted by molar-refractivity contribution is 5.91. The molecule has 0 spiro atoms. The van der Waals surface area contributed by atoms with Gasteiger partial charge in [-0.25, -0.2) is 9.98 Å². The van der Waals surface area contributed by atoms with Crippen LogP contribution in [0.2, 0.25) is 0 Å². The molecule has 156 valence electrons. The van der Waals surface area contributed by atoms with E-state index in [0.29, 0.717) is 37.9 Å². The van der Waals surface area contributed by atoms with Gasteiger partial charge < -0.3 is 24.3 Å². The number of ether oxygens (including phenoxy) is 1. The Labute approximate surface area is 171 Å². The number of hydrogen-bond donors (Lipinski definition) is 1. The van der Waals surface area contributed by atoms with Crippen LogP contribution in [0, 0.1) is 0 Å². The summed E-state index contributed by atoms with van der Waals surface area (Å²) in [4.78, 5) is 25.5. The molecule has 2 aromatic rings. The molecule has 0 bridgehead atoms. The van der Waals surface area contributed by atoms with Crippen LogP contribution in [0.25, 0.3) is 0 Å². The van der Waals surface area contributed by atoms with E-state index in [1.807, 2.05) is 24.0 Å². The second kappa shape index (κ2) is 10.5. The van der Waals surface area contributed by atoms with E-state index in [4.69, 9.17) is 14.1 Å². The quantitative estimate of drug-likeness (QED) is 0.569. The highest BCUT2D eigenvalue weighted by Gasteiger charge is 2.25. The van der Waals surface area contributed by atoms with Gasteiger partial charge in [0.2, 0.25) is 5.88 Å². The van der Waals surface area contributed by atoms with Gasteiger partial charge in [0.05, 0.1) is 19.4 Å². The van der Waals surface area contributed by atoms with E-state index in [-0.39, 0.29) is 5.91 Å². The number of amides is 1. The zero-order valence-corrected chi connectivity index (χ0v) is 17.1. The average Bonchev–Trinajstić information content (AvgIpc) is 3.30. The van der Waals surface area contributed by atoms with Crippen molar-refractivity contribution >= 4 is 11.9 Å². The molecular formula is C21H29N5O3. The number of rotatable bonds is 7. The molecule has 8 nitrogen and oxygen atoms in total. The summed E-state index contributed by atoms with van der Waals surface area (Å²) < 4.78 is 10.7. The van der Waals surface area contributed by atoms with Crippen molar-refractivity contribution in [2.24, 2.45) is 4.99 Å². The zero-order chi connectivity index (χ0) is 20.5. The Hall–Kier alpha value is -3.03. The third-order valence-corrected chi connectivity index (χ3v) is 4.60. The Morgan fingerprint density at radius 1 is 1.21 bits per heavy atom. The van der Waals surface area contributed by atoms with Crippen molar-refractivity contribution in [1.82, 2.24) is 20.1 Å². The van der Waals surface area contributed by atoms with Crippen LogP contribution in [0.15, 0.2) is 46.1 Å². The number of carbonyl (C=O) groups excluding carboxylic acids is 1. The van der Waals surface area contributed by atoms with Crippen molar-refractivity contribution in [2.75, 3.05) is 39.3 Å². The minimum absolute atomic E-state index is 0.0620. The predicted octanol–water partition coefficient (Wildman–Crippen LogP) is 2.39. The van der Waals surface area contributed by atoms with Crippen LogP contribution >= 0.6 is 0 Å².